The lowest BCUT2D eigenvalue weighted by Gasteiger charge is -2.32. The van der Waals surface area contributed by atoms with Crippen LogP contribution in [0.25, 0.3) is 0 Å². The molecule has 2 rings (SSSR count). The number of hydrogen-bond acceptors (Lipinski definition) is 2. The summed E-state index contributed by atoms with van der Waals surface area (Å²) >= 11 is 0. The maximum atomic E-state index is 12.5. The molecule has 126 valence electrons. The molecule has 1 aliphatic rings. The van der Waals surface area contributed by atoms with Gasteiger partial charge in [-0.2, -0.15) is 0 Å². The Labute approximate surface area is 135 Å². The van der Waals surface area contributed by atoms with E-state index in [1.165, 1.54) is 16.7 Å². The fourth-order valence-electron chi connectivity index (χ4n) is 2.84. The molecule has 0 aliphatic carbocycles. The van der Waals surface area contributed by atoms with E-state index in [0.29, 0.717) is 6.54 Å². The second-order valence-electron chi connectivity index (χ2n) is 6.27. The standard InChI is InChI=1S/C17H26FNO.C2H6/c1-5-17(2,3)15-10-14-12-19(9-7-18)8-6-13(14)11-16(15)20-4;1-2/h10-11H,5-9,12H2,1-4H3;1-2H3. The van der Waals surface area contributed by atoms with E-state index in [1.54, 1.807) is 7.11 Å². The van der Waals surface area contributed by atoms with Gasteiger partial charge in [-0.25, -0.2) is 4.39 Å². The van der Waals surface area contributed by atoms with Gasteiger partial charge in [0.05, 0.1) is 7.11 Å². The average Bonchev–Trinajstić information content (AvgIpc) is 2.55. The number of alkyl halides is 1. The predicted molar refractivity (Wildman–Crippen MR) is 92.6 cm³/mol. The van der Waals surface area contributed by atoms with Gasteiger partial charge in [-0.15, -0.1) is 0 Å². The normalized spacial score (nSPS) is 14.9. The van der Waals surface area contributed by atoms with E-state index in [9.17, 15) is 4.39 Å². The molecule has 0 radical (unpaired) electrons. The quantitative estimate of drug-likeness (QED) is 0.779. The van der Waals surface area contributed by atoms with Crippen LogP contribution in [0, 0.1) is 0 Å². The van der Waals surface area contributed by atoms with Gasteiger partial charge in [-0.05, 0) is 41.5 Å². The summed E-state index contributed by atoms with van der Waals surface area (Å²) in [5.41, 5.74) is 4.06. The van der Waals surface area contributed by atoms with Crippen LogP contribution in [0.1, 0.15) is 57.7 Å². The van der Waals surface area contributed by atoms with Crippen LogP contribution in [-0.2, 0) is 18.4 Å². The third-order valence-electron chi connectivity index (χ3n) is 4.63. The molecule has 0 bridgehead atoms. The molecule has 1 heterocycles. The van der Waals surface area contributed by atoms with Crippen molar-refractivity contribution in [1.29, 1.82) is 0 Å². The molecular formula is C19H32FNO. The van der Waals surface area contributed by atoms with Crippen LogP contribution in [0.2, 0.25) is 0 Å². The van der Waals surface area contributed by atoms with Crippen LogP contribution in [0.3, 0.4) is 0 Å². The van der Waals surface area contributed by atoms with Crippen molar-refractivity contribution in [2.24, 2.45) is 0 Å². The first-order valence-electron chi connectivity index (χ1n) is 8.50. The van der Waals surface area contributed by atoms with Gasteiger partial charge in [0.15, 0.2) is 0 Å². The van der Waals surface area contributed by atoms with Gasteiger partial charge in [0.25, 0.3) is 0 Å². The van der Waals surface area contributed by atoms with Crippen molar-refractivity contribution in [3.63, 3.8) is 0 Å². The Morgan fingerprint density at radius 2 is 1.91 bits per heavy atom. The van der Waals surface area contributed by atoms with E-state index in [1.807, 2.05) is 13.8 Å². The third kappa shape index (κ3) is 4.22. The molecule has 0 spiro atoms. The SMILES string of the molecule is CC.CCC(C)(C)c1cc2c(cc1OC)CCN(CCF)C2. The van der Waals surface area contributed by atoms with Gasteiger partial charge in [0.1, 0.15) is 12.4 Å². The first-order chi connectivity index (χ1) is 10.5. The van der Waals surface area contributed by atoms with Crippen LogP contribution in [0.5, 0.6) is 5.75 Å². The lowest BCUT2D eigenvalue weighted by Crippen LogP contribution is -2.32. The number of rotatable bonds is 5. The van der Waals surface area contributed by atoms with E-state index in [-0.39, 0.29) is 12.1 Å². The minimum absolute atomic E-state index is 0.0999. The number of ether oxygens (including phenoxy) is 1. The number of fused-ring (bicyclic) bond motifs is 1. The Balaban J connectivity index is 0.00000116. The Bertz CT molecular complexity index is 471. The van der Waals surface area contributed by atoms with Crippen molar-refractivity contribution >= 4 is 0 Å². The van der Waals surface area contributed by atoms with Crippen LogP contribution >= 0.6 is 0 Å². The van der Waals surface area contributed by atoms with Crippen LogP contribution in [-0.4, -0.2) is 31.8 Å². The molecule has 2 nitrogen and oxygen atoms in total. The smallest absolute Gasteiger partial charge is 0.122 e. The fraction of sp³-hybridized carbons (Fsp3) is 0.684. The van der Waals surface area contributed by atoms with Gasteiger partial charge >= 0.3 is 0 Å². The molecule has 1 aromatic rings. The summed E-state index contributed by atoms with van der Waals surface area (Å²) in [6, 6.07) is 4.47. The zero-order valence-electron chi connectivity index (χ0n) is 15.1. The Morgan fingerprint density at radius 3 is 2.45 bits per heavy atom. The second-order valence-corrected chi connectivity index (χ2v) is 6.27. The first-order valence-corrected chi connectivity index (χ1v) is 8.50. The molecule has 1 aliphatic heterocycles. The highest BCUT2D eigenvalue weighted by molar-refractivity contribution is 5.47. The topological polar surface area (TPSA) is 12.5 Å². The molecule has 0 aromatic heterocycles. The summed E-state index contributed by atoms with van der Waals surface area (Å²) in [6.45, 7) is 12.8. The molecule has 0 fully saturated rings. The second kappa shape index (κ2) is 8.52. The number of halogens is 1. The Morgan fingerprint density at radius 1 is 1.23 bits per heavy atom. The summed E-state index contributed by atoms with van der Waals surface area (Å²) in [5.74, 6) is 0.995. The Kier molecular flexibility index (Phi) is 7.34. The molecule has 0 saturated heterocycles. The minimum atomic E-state index is -0.265. The molecule has 0 N–H and O–H groups in total. The largest absolute Gasteiger partial charge is 0.496 e. The molecule has 0 atom stereocenters. The van der Waals surface area contributed by atoms with E-state index in [2.05, 4.69) is 37.8 Å². The monoisotopic (exact) mass is 309 g/mol. The van der Waals surface area contributed by atoms with Crippen LogP contribution in [0.4, 0.5) is 4.39 Å². The predicted octanol–water partition coefficient (Wildman–Crippen LogP) is 4.74. The van der Waals surface area contributed by atoms with Crippen molar-refractivity contribution in [1.82, 2.24) is 4.90 Å². The highest BCUT2D eigenvalue weighted by atomic mass is 19.1. The highest BCUT2D eigenvalue weighted by Gasteiger charge is 2.26. The molecule has 3 heteroatoms. The van der Waals surface area contributed by atoms with Gasteiger partial charge in [-0.3, -0.25) is 4.90 Å². The van der Waals surface area contributed by atoms with E-state index >= 15 is 0 Å². The summed E-state index contributed by atoms with van der Waals surface area (Å²) < 4.78 is 18.1. The number of benzene rings is 1. The van der Waals surface area contributed by atoms with E-state index < -0.39 is 0 Å². The summed E-state index contributed by atoms with van der Waals surface area (Å²) in [7, 11) is 1.75. The van der Waals surface area contributed by atoms with Crippen molar-refractivity contribution in [2.75, 3.05) is 26.9 Å². The van der Waals surface area contributed by atoms with Crippen LogP contribution < -0.4 is 4.74 Å². The van der Waals surface area contributed by atoms with Gasteiger partial charge in [0.2, 0.25) is 0 Å². The fourth-order valence-corrected chi connectivity index (χ4v) is 2.84. The molecular weight excluding hydrogens is 277 g/mol. The molecule has 0 amide bonds. The summed E-state index contributed by atoms with van der Waals surface area (Å²) in [6.07, 6.45) is 2.05. The zero-order chi connectivity index (χ0) is 16.8. The molecule has 1 aromatic carbocycles. The van der Waals surface area contributed by atoms with Crippen molar-refractivity contribution in [3.8, 4) is 5.75 Å². The summed E-state index contributed by atoms with van der Waals surface area (Å²) in [5, 5.41) is 0. The lowest BCUT2D eigenvalue weighted by atomic mass is 9.79. The average molecular weight is 309 g/mol. The van der Waals surface area contributed by atoms with Crippen molar-refractivity contribution in [3.05, 3.63) is 28.8 Å². The Hall–Kier alpha value is -1.09. The zero-order valence-corrected chi connectivity index (χ0v) is 15.1. The minimum Gasteiger partial charge on any atom is -0.496 e. The van der Waals surface area contributed by atoms with Gasteiger partial charge in [0, 0.05) is 25.2 Å². The molecule has 0 unspecified atom stereocenters. The third-order valence-corrected chi connectivity index (χ3v) is 4.63. The number of hydrogen-bond donors (Lipinski definition) is 0. The van der Waals surface area contributed by atoms with Gasteiger partial charge < -0.3 is 4.74 Å². The van der Waals surface area contributed by atoms with Crippen molar-refractivity contribution in [2.45, 2.75) is 59.4 Å². The van der Waals surface area contributed by atoms with E-state index in [0.717, 1.165) is 31.7 Å². The first kappa shape index (κ1) is 19.0. The molecule has 22 heavy (non-hydrogen) atoms. The lowest BCUT2D eigenvalue weighted by molar-refractivity contribution is 0.230. The summed E-state index contributed by atoms with van der Waals surface area (Å²) in [4.78, 5) is 2.19. The van der Waals surface area contributed by atoms with E-state index in [4.69, 9.17) is 4.74 Å². The molecule has 0 saturated carbocycles. The number of methoxy groups -OCH3 is 1. The number of nitrogens with zero attached hydrogens (tertiary/aromatic N) is 1. The maximum Gasteiger partial charge on any atom is 0.122 e. The van der Waals surface area contributed by atoms with Crippen molar-refractivity contribution < 1.29 is 9.13 Å². The van der Waals surface area contributed by atoms with Crippen LogP contribution in [0.15, 0.2) is 12.1 Å². The maximum absolute atomic E-state index is 12.5. The highest BCUT2D eigenvalue weighted by Crippen LogP contribution is 2.37. The van der Waals surface area contributed by atoms with Gasteiger partial charge in [-0.1, -0.05) is 34.6 Å².